The molecule has 3 aromatic carbocycles. The van der Waals surface area contributed by atoms with Gasteiger partial charge in [0.05, 0.1) is 35.4 Å². The van der Waals surface area contributed by atoms with Gasteiger partial charge in [0.25, 0.3) is 5.91 Å². The Balaban J connectivity index is 1.15. The number of carbonyl (C=O) groups is 3. The number of alkyl halides is 1. The molecular formula is C37H39ClFN3O5. The summed E-state index contributed by atoms with van der Waals surface area (Å²) in [5.74, 6) is -4.09. The van der Waals surface area contributed by atoms with Crippen LogP contribution in [0.4, 0.5) is 10.1 Å². The SMILES string of the molecule is COC(=O)[C@H]1CC[C@H](OC(F)(C(=O)Cc2ccc(NC(=O)c3cn(Cc4ccccc4)c4ccccc34)c(Cl)c2)N2CCCC2)CC1. The number of hydrogen-bond acceptors (Lipinski definition) is 6. The maximum absolute atomic E-state index is 16.7. The molecule has 246 valence electrons. The lowest BCUT2D eigenvalue weighted by Gasteiger charge is -2.37. The van der Waals surface area contributed by atoms with Crippen LogP contribution in [0.3, 0.4) is 0 Å². The van der Waals surface area contributed by atoms with Gasteiger partial charge in [0.2, 0.25) is 5.78 Å². The molecule has 0 bridgehead atoms. The van der Waals surface area contributed by atoms with Crippen molar-refractivity contribution in [3.05, 3.63) is 101 Å². The summed E-state index contributed by atoms with van der Waals surface area (Å²) >= 11 is 6.62. The first-order valence-corrected chi connectivity index (χ1v) is 16.6. The first-order chi connectivity index (χ1) is 22.7. The summed E-state index contributed by atoms with van der Waals surface area (Å²) in [6, 6.07) is 22.7. The predicted octanol–water partition coefficient (Wildman–Crippen LogP) is 7.17. The molecule has 1 aromatic heterocycles. The second-order valence-electron chi connectivity index (χ2n) is 12.4. The van der Waals surface area contributed by atoms with Gasteiger partial charge < -0.3 is 19.4 Å². The molecule has 1 unspecified atom stereocenters. The Morgan fingerprint density at radius 3 is 2.34 bits per heavy atom. The van der Waals surface area contributed by atoms with E-state index in [1.54, 1.807) is 18.2 Å². The minimum atomic E-state index is -2.58. The van der Waals surface area contributed by atoms with E-state index < -0.39 is 17.9 Å². The van der Waals surface area contributed by atoms with Gasteiger partial charge in [-0.2, -0.15) is 4.39 Å². The van der Waals surface area contributed by atoms with Crippen molar-refractivity contribution in [2.75, 3.05) is 25.5 Å². The quantitative estimate of drug-likeness (QED) is 0.136. The van der Waals surface area contributed by atoms with Crippen molar-refractivity contribution in [1.29, 1.82) is 0 Å². The number of para-hydroxylation sites is 1. The second kappa shape index (κ2) is 14.4. The van der Waals surface area contributed by atoms with Crippen LogP contribution in [-0.2, 0) is 32.0 Å². The standard InChI is InChI=1S/C37H39ClFN3O5/c1-46-36(45)27-14-16-28(17-15-27)47-37(39,42-19-7-8-20-42)34(43)22-26-13-18-32(31(38)21-26)40-35(44)30-24-41(23-25-9-3-2-4-10-25)33-12-6-5-11-29(30)33/h2-6,9-13,18,21,24,27-28H,7-8,14-17,19-20,22-23H2,1H3,(H,40,44)/t27-,28-,37?. The number of ketones is 1. The van der Waals surface area contributed by atoms with E-state index in [1.165, 1.54) is 12.0 Å². The number of hydrogen-bond donors (Lipinski definition) is 1. The van der Waals surface area contributed by atoms with Gasteiger partial charge >= 0.3 is 11.9 Å². The number of amides is 1. The lowest BCUT2D eigenvalue weighted by atomic mass is 9.87. The molecular weight excluding hydrogens is 621 g/mol. The number of Topliss-reactive ketones (excluding diaryl/α,β-unsaturated/α-hetero) is 1. The Morgan fingerprint density at radius 1 is 0.936 bits per heavy atom. The van der Waals surface area contributed by atoms with Crippen LogP contribution in [0.2, 0.25) is 5.02 Å². The topological polar surface area (TPSA) is 89.9 Å². The summed E-state index contributed by atoms with van der Waals surface area (Å²) in [7, 11) is 1.36. The van der Waals surface area contributed by atoms with Crippen molar-refractivity contribution < 1.29 is 28.2 Å². The van der Waals surface area contributed by atoms with Crippen LogP contribution in [0.1, 0.15) is 60.0 Å². The number of esters is 1. The number of rotatable bonds is 11. The maximum Gasteiger partial charge on any atom is 0.330 e. The molecule has 10 heteroatoms. The monoisotopic (exact) mass is 659 g/mol. The number of halogens is 2. The van der Waals surface area contributed by atoms with Gasteiger partial charge in [-0.05, 0) is 67.9 Å². The third-order valence-electron chi connectivity index (χ3n) is 9.26. The normalized spacial score (nSPS) is 19.7. The smallest absolute Gasteiger partial charge is 0.330 e. The molecule has 1 aliphatic carbocycles. The third kappa shape index (κ3) is 7.27. The molecule has 2 heterocycles. The highest BCUT2D eigenvalue weighted by Gasteiger charge is 2.48. The van der Waals surface area contributed by atoms with E-state index >= 15 is 4.39 Å². The Bertz CT molecular complexity index is 1750. The average molecular weight is 660 g/mol. The fourth-order valence-corrected chi connectivity index (χ4v) is 6.97. The van der Waals surface area contributed by atoms with Crippen LogP contribution in [0.25, 0.3) is 10.9 Å². The number of anilines is 1. The highest BCUT2D eigenvalue weighted by atomic mass is 35.5. The zero-order valence-electron chi connectivity index (χ0n) is 26.4. The van der Waals surface area contributed by atoms with Gasteiger partial charge in [-0.1, -0.05) is 66.2 Å². The fraction of sp³-hybridized carbons (Fsp3) is 0.378. The van der Waals surface area contributed by atoms with Crippen LogP contribution < -0.4 is 5.32 Å². The van der Waals surface area contributed by atoms with Gasteiger partial charge in [-0.15, -0.1) is 0 Å². The Kier molecular flexibility index (Phi) is 10.1. The number of nitrogens with one attached hydrogen (secondary N) is 1. The van der Waals surface area contributed by atoms with Crippen LogP contribution >= 0.6 is 11.6 Å². The van der Waals surface area contributed by atoms with E-state index in [4.69, 9.17) is 21.1 Å². The lowest BCUT2D eigenvalue weighted by molar-refractivity contribution is -0.252. The largest absolute Gasteiger partial charge is 0.469 e. The van der Waals surface area contributed by atoms with Crippen molar-refractivity contribution in [3.63, 3.8) is 0 Å². The van der Waals surface area contributed by atoms with Crippen molar-refractivity contribution in [3.8, 4) is 0 Å². The van der Waals surface area contributed by atoms with Crippen molar-refractivity contribution in [2.24, 2.45) is 5.92 Å². The summed E-state index contributed by atoms with van der Waals surface area (Å²) in [4.78, 5) is 40.5. The van der Waals surface area contributed by atoms with E-state index in [2.05, 4.69) is 5.32 Å². The van der Waals surface area contributed by atoms with Crippen LogP contribution in [-0.4, -0.2) is 59.4 Å². The zero-order valence-corrected chi connectivity index (χ0v) is 27.2. The minimum Gasteiger partial charge on any atom is -0.469 e. The van der Waals surface area contributed by atoms with Crippen molar-refractivity contribution in [1.82, 2.24) is 9.47 Å². The number of ether oxygens (including phenoxy) is 2. The van der Waals surface area contributed by atoms with E-state index in [9.17, 15) is 14.4 Å². The van der Waals surface area contributed by atoms with Gasteiger partial charge in [0, 0.05) is 43.2 Å². The van der Waals surface area contributed by atoms with E-state index in [0.29, 0.717) is 62.1 Å². The maximum atomic E-state index is 16.7. The molecule has 1 aliphatic heterocycles. The highest BCUT2D eigenvalue weighted by molar-refractivity contribution is 6.34. The molecule has 1 amide bonds. The Labute approximate surface area is 278 Å². The van der Waals surface area contributed by atoms with Gasteiger partial charge in [0.1, 0.15) is 0 Å². The number of aromatic nitrogens is 1. The molecule has 1 saturated heterocycles. The number of likely N-dealkylation sites (tertiary alicyclic amines) is 1. The van der Waals surface area contributed by atoms with E-state index in [0.717, 1.165) is 29.3 Å². The number of methoxy groups -OCH3 is 1. The molecule has 1 saturated carbocycles. The summed E-state index contributed by atoms with van der Waals surface area (Å²) in [6.45, 7) is 1.46. The summed E-state index contributed by atoms with van der Waals surface area (Å²) in [6.07, 6.45) is 4.68. The first kappa shape index (κ1) is 32.9. The number of fused-ring (bicyclic) bond motifs is 1. The molecule has 2 fully saturated rings. The number of carbonyl (C=O) groups excluding carboxylic acids is 3. The Hall–Kier alpha value is -4.05. The lowest BCUT2D eigenvalue weighted by Crippen LogP contribution is -2.54. The zero-order chi connectivity index (χ0) is 33.0. The molecule has 2 aliphatic rings. The Morgan fingerprint density at radius 2 is 1.64 bits per heavy atom. The summed E-state index contributed by atoms with van der Waals surface area (Å²) < 4.78 is 29.5. The molecule has 1 atom stereocenters. The first-order valence-electron chi connectivity index (χ1n) is 16.2. The van der Waals surface area contributed by atoms with Gasteiger partial charge in [0.15, 0.2) is 0 Å². The number of benzene rings is 3. The molecule has 8 nitrogen and oxygen atoms in total. The van der Waals surface area contributed by atoms with Crippen molar-refractivity contribution >= 4 is 45.9 Å². The molecule has 6 rings (SSSR count). The fourth-order valence-electron chi connectivity index (χ4n) is 6.72. The van der Waals surface area contributed by atoms with Crippen LogP contribution in [0.15, 0.2) is 79.0 Å². The van der Waals surface area contributed by atoms with E-state index in [1.807, 2.05) is 65.4 Å². The third-order valence-corrected chi connectivity index (χ3v) is 9.58. The molecule has 0 radical (unpaired) electrons. The summed E-state index contributed by atoms with van der Waals surface area (Å²) in [5, 5.41) is 3.97. The van der Waals surface area contributed by atoms with Crippen LogP contribution in [0, 0.1) is 5.92 Å². The van der Waals surface area contributed by atoms with Gasteiger partial charge in [-0.3, -0.25) is 14.4 Å². The molecule has 0 spiro atoms. The molecule has 4 aromatic rings. The van der Waals surface area contributed by atoms with Crippen molar-refractivity contribution in [2.45, 2.75) is 63.6 Å². The van der Waals surface area contributed by atoms with E-state index in [-0.39, 0.29) is 29.2 Å². The molecule has 1 N–H and O–H groups in total. The minimum absolute atomic E-state index is 0.231. The van der Waals surface area contributed by atoms with Crippen LogP contribution in [0.5, 0.6) is 0 Å². The summed E-state index contributed by atoms with van der Waals surface area (Å²) in [5.41, 5.74) is 3.46. The second-order valence-corrected chi connectivity index (χ2v) is 12.8. The highest BCUT2D eigenvalue weighted by Crippen LogP contribution is 2.35. The number of nitrogens with zero attached hydrogens (tertiary/aromatic N) is 2. The predicted molar refractivity (Wildman–Crippen MR) is 179 cm³/mol. The average Bonchev–Trinajstić information content (AvgIpc) is 3.76. The van der Waals surface area contributed by atoms with Gasteiger partial charge in [-0.25, -0.2) is 4.90 Å². The molecule has 47 heavy (non-hydrogen) atoms.